The zero-order chi connectivity index (χ0) is 13.5. The van der Waals surface area contributed by atoms with Crippen LogP contribution in [0.3, 0.4) is 0 Å². The second kappa shape index (κ2) is 4.42. The maximum atomic E-state index is 5.93. The summed E-state index contributed by atoms with van der Waals surface area (Å²) in [5, 5.41) is 7.45. The van der Waals surface area contributed by atoms with Gasteiger partial charge in [0.2, 0.25) is 6.79 Å². The smallest absolute Gasteiger partial charge is 0.231 e. The van der Waals surface area contributed by atoms with Crippen molar-refractivity contribution >= 4 is 5.82 Å². The molecule has 20 heavy (non-hydrogen) atoms. The Bertz CT molecular complexity index is 640. The van der Waals surface area contributed by atoms with Crippen molar-refractivity contribution in [1.29, 1.82) is 0 Å². The molecule has 104 valence electrons. The first-order valence-electron chi connectivity index (χ1n) is 6.75. The molecule has 0 radical (unpaired) electrons. The second-order valence-corrected chi connectivity index (χ2v) is 5.20. The van der Waals surface area contributed by atoms with E-state index < -0.39 is 0 Å². The van der Waals surface area contributed by atoms with Crippen molar-refractivity contribution in [2.45, 2.75) is 12.5 Å². The maximum Gasteiger partial charge on any atom is 0.231 e. The summed E-state index contributed by atoms with van der Waals surface area (Å²) >= 11 is 0. The Kier molecular flexibility index (Phi) is 2.56. The van der Waals surface area contributed by atoms with E-state index in [9.17, 15) is 0 Å². The van der Waals surface area contributed by atoms with Gasteiger partial charge < -0.3 is 20.1 Å². The molecule has 4 rings (SSSR count). The SMILES string of the molecule is NC1CCN(c2cc(-c3ccc4c(c3)OCO4)[nH]n2)C1. The number of ether oxygens (including phenoxy) is 2. The minimum Gasteiger partial charge on any atom is -0.454 e. The van der Waals surface area contributed by atoms with E-state index in [0.717, 1.165) is 48.1 Å². The lowest BCUT2D eigenvalue weighted by molar-refractivity contribution is 0.174. The predicted molar refractivity (Wildman–Crippen MR) is 75.0 cm³/mol. The van der Waals surface area contributed by atoms with Gasteiger partial charge in [0.1, 0.15) is 0 Å². The third-order valence-electron chi connectivity index (χ3n) is 3.80. The number of hydrogen-bond acceptors (Lipinski definition) is 5. The highest BCUT2D eigenvalue weighted by Gasteiger charge is 2.22. The number of H-pyrrole nitrogens is 1. The van der Waals surface area contributed by atoms with Crippen molar-refractivity contribution in [3.8, 4) is 22.8 Å². The Hall–Kier alpha value is -2.21. The molecule has 1 saturated heterocycles. The number of fused-ring (bicyclic) bond motifs is 1. The van der Waals surface area contributed by atoms with Crippen LogP contribution in [0.1, 0.15) is 6.42 Å². The molecule has 3 N–H and O–H groups in total. The number of nitrogens with one attached hydrogen (secondary N) is 1. The van der Waals surface area contributed by atoms with Crippen molar-refractivity contribution in [3.05, 3.63) is 24.3 Å². The van der Waals surface area contributed by atoms with Gasteiger partial charge in [-0.1, -0.05) is 0 Å². The number of aromatic nitrogens is 2. The summed E-state index contributed by atoms with van der Waals surface area (Å²) in [6.07, 6.45) is 1.02. The third-order valence-corrected chi connectivity index (χ3v) is 3.80. The highest BCUT2D eigenvalue weighted by molar-refractivity contribution is 5.67. The summed E-state index contributed by atoms with van der Waals surface area (Å²) in [5.41, 5.74) is 7.94. The molecule has 1 fully saturated rings. The van der Waals surface area contributed by atoms with Crippen molar-refractivity contribution < 1.29 is 9.47 Å². The van der Waals surface area contributed by atoms with Crippen molar-refractivity contribution in [2.75, 3.05) is 24.8 Å². The van der Waals surface area contributed by atoms with Crippen molar-refractivity contribution in [2.24, 2.45) is 5.73 Å². The highest BCUT2D eigenvalue weighted by Crippen LogP contribution is 2.36. The molecule has 0 amide bonds. The Labute approximate surface area is 116 Å². The second-order valence-electron chi connectivity index (χ2n) is 5.20. The van der Waals surface area contributed by atoms with Crippen LogP contribution in [-0.2, 0) is 0 Å². The Morgan fingerprint density at radius 3 is 3.00 bits per heavy atom. The Morgan fingerprint density at radius 2 is 2.15 bits per heavy atom. The topological polar surface area (TPSA) is 76.4 Å². The molecule has 6 nitrogen and oxygen atoms in total. The number of benzene rings is 1. The number of aromatic amines is 1. The molecule has 2 aliphatic rings. The van der Waals surface area contributed by atoms with Crippen LogP contribution in [0.2, 0.25) is 0 Å². The lowest BCUT2D eigenvalue weighted by atomic mass is 10.1. The number of anilines is 1. The molecule has 1 aromatic carbocycles. The Morgan fingerprint density at radius 1 is 1.25 bits per heavy atom. The van der Waals surface area contributed by atoms with Crippen LogP contribution >= 0.6 is 0 Å². The molecule has 1 unspecified atom stereocenters. The average molecular weight is 272 g/mol. The van der Waals surface area contributed by atoms with E-state index in [1.807, 2.05) is 18.2 Å². The zero-order valence-electron chi connectivity index (χ0n) is 11.0. The first-order chi connectivity index (χ1) is 9.79. The fraction of sp³-hybridized carbons (Fsp3) is 0.357. The molecule has 0 aliphatic carbocycles. The van der Waals surface area contributed by atoms with E-state index >= 15 is 0 Å². The van der Waals surface area contributed by atoms with Crippen molar-refractivity contribution in [1.82, 2.24) is 10.2 Å². The minimum absolute atomic E-state index is 0.251. The van der Waals surface area contributed by atoms with Crippen LogP contribution in [0.4, 0.5) is 5.82 Å². The molecular formula is C14H16N4O2. The maximum absolute atomic E-state index is 5.93. The first kappa shape index (κ1) is 11.6. The minimum atomic E-state index is 0.251. The lowest BCUT2D eigenvalue weighted by Gasteiger charge is -2.13. The average Bonchev–Trinajstić information content (AvgIpc) is 3.17. The molecular weight excluding hydrogens is 256 g/mol. The van der Waals surface area contributed by atoms with E-state index in [-0.39, 0.29) is 6.04 Å². The van der Waals surface area contributed by atoms with Gasteiger partial charge in [0.05, 0.1) is 5.69 Å². The van der Waals surface area contributed by atoms with Gasteiger partial charge in [-0.05, 0) is 24.6 Å². The summed E-state index contributed by atoms with van der Waals surface area (Å²) in [6, 6.07) is 8.19. The molecule has 3 heterocycles. The summed E-state index contributed by atoms with van der Waals surface area (Å²) in [7, 11) is 0. The van der Waals surface area contributed by atoms with Gasteiger partial charge in [0, 0.05) is 30.8 Å². The lowest BCUT2D eigenvalue weighted by Crippen LogP contribution is -2.26. The van der Waals surface area contributed by atoms with E-state index in [2.05, 4.69) is 21.2 Å². The normalized spacial score (nSPS) is 20.6. The van der Waals surface area contributed by atoms with Gasteiger partial charge in [-0.2, -0.15) is 5.10 Å². The van der Waals surface area contributed by atoms with E-state index in [0.29, 0.717) is 6.79 Å². The van der Waals surface area contributed by atoms with Gasteiger partial charge in [0.25, 0.3) is 0 Å². The predicted octanol–water partition coefficient (Wildman–Crippen LogP) is 1.34. The summed E-state index contributed by atoms with van der Waals surface area (Å²) in [4.78, 5) is 2.21. The van der Waals surface area contributed by atoms with Crippen LogP contribution in [0.25, 0.3) is 11.3 Å². The van der Waals surface area contributed by atoms with Crippen LogP contribution < -0.4 is 20.1 Å². The van der Waals surface area contributed by atoms with Crippen LogP contribution in [0.15, 0.2) is 24.3 Å². The largest absolute Gasteiger partial charge is 0.454 e. The molecule has 1 aromatic heterocycles. The fourth-order valence-electron chi connectivity index (χ4n) is 2.68. The standard InChI is InChI=1S/C14H16N4O2/c15-10-3-4-18(7-10)14-6-11(16-17-14)9-1-2-12-13(5-9)20-8-19-12/h1-2,5-6,10H,3-4,7-8,15H2,(H,16,17). The number of rotatable bonds is 2. The quantitative estimate of drug-likeness (QED) is 0.863. The molecule has 2 aromatic rings. The van der Waals surface area contributed by atoms with Gasteiger partial charge in [0.15, 0.2) is 17.3 Å². The van der Waals surface area contributed by atoms with Crippen LogP contribution in [-0.4, -0.2) is 36.1 Å². The highest BCUT2D eigenvalue weighted by atomic mass is 16.7. The van der Waals surface area contributed by atoms with E-state index in [4.69, 9.17) is 15.2 Å². The van der Waals surface area contributed by atoms with Crippen LogP contribution in [0, 0.1) is 0 Å². The Balaban J connectivity index is 1.61. The van der Waals surface area contributed by atoms with Gasteiger partial charge in [-0.25, -0.2) is 0 Å². The summed E-state index contributed by atoms with van der Waals surface area (Å²) in [6.45, 7) is 2.12. The molecule has 2 aliphatic heterocycles. The first-order valence-corrected chi connectivity index (χ1v) is 6.75. The van der Waals surface area contributed by atoms with E-state index in [1.165, 1.54) is 0 Å². The monoisotopic (exact) mass is 272 g/mol. The molecule has 0 saturated carbocycles. The molecule has 0 spiro atoms. The third kappa shape index (κ3) is 1.89. The molecule has 0 bridgehead atoms. The van der Waals surface area contributed by atoms with E-state index in [1.54, 1.807) is 0 Å². The van der Waals surface area contributed by atoms with Crippen molar-refractivity contribution in [3.63, 3.8) is 0 Å². The van der Waals surface area contributed by atoms with Gasteiger partial charge in [-0.15, -0.1) is 0 Å². The fourth-order valence-corrected chi connectivity index (χ4v) is 2.68. The van der Waals surface area contributed by atoms with Gasteiger partial charge in [-0.3, -0.25) is 5.10 Å². The van der Waals surface area contributed by atoms with Crippen LogP contribution in [0.5, 0.6) is 11.5 Å². The van der Waals surface area contributed by atoms with Gasteiger partial charge >= 0.3 is 0 Å². The molecule has 1 atom stereocenters. The number of hydrogen-bond donors (Lipinski definition) is 2. The number of nitrogens with zero attached hydrogens (tertiary/aromatic N) is 2. The summed E-state index contributed by atoms with van der Waals surface area (Å²) < 4.78 is 10.7. The molecule has 6 heteroatoms. The summed E-state index contributed by atoms with van der Waals surface area (Å²) in [5.74, 6) is 2.52. The zero-order valence-corrected chi connectivity index (χ0v) is 11.0. The number of nitrogens with two attached hydrogens (primary N) is 1.